The topological polar surface area (TPSA) is 0 Å². The average molecular weight is 174 g/mol. The summed E-state index contributed by atoms with van der Waals surface area (Å²) in [5.41, 5.74) is 0. The molecule has 0 N–H and O–H groups in total. The van der Waals surface area contributed by atoms with Gasteiger partial charge in [-0.2, -0.15) is 8.78 Å². The van der Waals surface area contributed by atoms with Gasteiger partial charge in [-0.1, -0.05) is 0 Å². The Morgan fingerprint density at radius 3 is 1.11 bits per heavy atom. The molecule has 0 rings (SSSR count). The molecule has 0 aromatic heterocycles. The highest BCUT2D eigenvalue weighted by Crippen LogP contribution is 2.96. The molecule has 0 aliphatic carbocycles. The fraction of sp³-hybridized carbons (Fsp3) is 1.00. The summed E-state index contributed by atoms with van der Waals surface area (Å²) in [6, 6.07) is 0. The molecule has 60 valence electrons. The van der Waals surface area contributed by atoms with E-state index in [0.29, 0.717) is 0 Å². The van der Waals surface area contributed by atoms with Crippen LogP contribution in [0.25, 0.3) is 0 Å². The van der Waals surface area contributed by atoms with Crippen molar-refractivity contribution >= 4 is 9.84 Å². The Balaban J connectivity index is 4.76. The van der Waals surface area contributed by atoms with Crippen LogP contribution in [-0.2, 0) is 0 Å². The number of hydrogen-bond acceptors (Lipinski definition) is 0. The van der Waals surface area contributed by atoms with E-state index in [-0.39, 0.29) is 0 Å². The van der Waals surface area contributed by atoms with Crippen molar-refractivity contribution in [1.82, 2.24) is 0 Å². The number of hydrogen-bond donors (Lipinski definition) is 0. The second-order valence-electron chi connectivity index (χ2n) is 1.82. The summed E-state index contributed by atoms with van der Waals surface area (Å²) in [7, 11) is -8.95. The molecule has 0 fully saturated rings. The molecule has 0 atom stereocenters. The van der Waals surface area contributed by atoms with Gasteiger partial charge < -0.3 is 0 Å². The van der Waals surface area contributed by atoms with Crippen LogP contribution in [0.1, 0.15) is 0 Å². The van der Waals surface area contributed by atoms with E-state index in [4.69, 9.17) is 0 Å². The SMILES string of the molecule is CS(F)(F)(F)(F)C(F)F. The molecule has 0 spiro atoms. The summed E-state index contributed by atoms with van der Waals surface area (Å²) in [4.78, 5) is 0. The van der Waals surface area contributed by atoms with E-state index in [9.17, 15) is 24.3 Å². The molecule has 0 saturated heterocycles. The summed E-state index contributed by atoms with van der Waals surface area (Å²) < 4.78 is 66.7. The Bertz CT molecular complexity index is 114. The van der Waals surface area contributed by atoms with Crippen LogP contribution in [0.3, 0.4) is 0 Å². The number of rotatable bonds is 1. The van der Waals surface area contributed by atoms with E-state index in [0.717, 1.165) is 0 Å². The van der Waals surface area contributed by atoms with Crippen LogP contribution in [0.5, 0.6) is 0 Å². The fourth-order valence-corrected chi connectivity index (χ4v) is 0. The summed E-state index contributed by atoms with van der Waals surface area (Å²) >= 11 is 0. The highest BCUT2D eigenvalue weighted by Gasteiger charge is 2.66. The Hall–Kier alpha value is -0.0700. The van der Waals surface area contributed by atoms with E-state index in [1.165, 1.54) is 0 Å². The molecule has 0 bridgehead atoms. The lowest BCUT2D eigenvalue weighted by molar-refractivity contribution is 0.187. The van der Waals surface area contributed by atoms with E-state index < -0.39 is 21.9 Å². The van der Waals surface area contributed by atoms with E-state index in [1.54, 1.807) is 0 Å². The first-order valence-electron chi connectivity index (χ1n) is 1.70. The van der Waals surface area contributed by atoms with Crippen LogP contribution in [0.2, 0.25) is 0 Å². The zero-order valence-electron chi connectivity index (χ0n) is 4.25. The van der Waals surface area contributed by atoms with Gasteiger partial charge in [0.2, 0.25) is 9.84 Å². The van der Waals surface area contributed by atoms with Gasteiger partial charge in [0, 0.05) is 0 Å². The zero-order valence-corrected chi connectivity index (χ0v) is 5.07. The highest BCUT2D eigenvalue weighted by molar-refractivity contribution is 8.49. The minimum atomic E-state index is -8.95. The van der Waals surface area contributed by atoms with Crippen LogP contribution < -0.4 is 0 Å². The molecule has 0 aliphatic rings. The largest absolute Gasteiger partial charge is 0.344 e. The normalized spacial score (nSPS) is 21.3. The average Bonchev–Trinajstić information content (AvgIpc) is 1.24. The standard InChI is InChI=1S/C2H4F6S/c1-9(5,6,7,8)2(3)4/h2H,1H3. The van der Waals surface area contributed by atoms with Gasteiger partial charge in [-0.25, -0.2) is 0 Å². The first-order chi connectivity index (χ1) is 3.43. The van der Waals surface area contributed by atoms with Gasteiger partial charge in [0.05, 0.1) is 6.26 Å². The van der Waals surface area contributed by atoms with Gasteiger partial charge in [0.25, 0.3) is 0 Å². The Kier molecular flexibility index (Phi) is 1.18. The molecule has 7 heteroatoms. The maximum Gasteiger partial charge on any atom is 0.344 e. The molecule has 0 aromatic carbocycles. The summed E-state index contributed by atoms with van der Waals surface area (Å²) in [6.45, 7) is 0. The molecule has 0 nitrogen and oxygen atoms in total. The van der Waals surface area contributed by atoms with Crippen LogP contribution in [0.4, 0.5) is 24.3 Å². The molecule has 0 amide bonds. The smallest absolute Gasteiger partial charge is 0.191 e. The van der Waals surface area contributed by atoms with Crippen LogP contribution in [0, 0.1) is 0 Å². The molecule has 9 heavy (non-hydrogen) atoms. The van der Waals surface area contributed by atoms with Crippen molar-refractivity contribution in [3.05, 3.63) is 0 Å². The highest BCUT2D eigenvalue weighted by atomic mass is 32.5. The van der Waals surface area contributed by atoms with Crippen LogP contribution in [-0.4, -0.2) is 12.0 Å². The van der Waals surface area contributed by atoms with E-state index in [2.05, 4.69) is 0 Å². The number of halogens is 6. The van der Waals surface area contributed by atoms with Gasteiger partial charge in [-0.15, -0.1) is 15.5 Å². The third kappa shape index (κ3) is 2.83. The molecule has 0 heterocycles. The Labute approximate surface area is 47.3 Å². The lowest BCUT2D eigenvalue weighted by atomic mass is 11.7. The molecule has 0 saturated carbocycles. The van der Waals surface area contributed by atoms with E-state index in [1.807, 2.05) is 0 Å². The zero-order chi connectivity index (χ0) is 7.99. The first kappa shape index (κ1) is 8.93. The number of alkyl halides is 2. The molecular formula is C2H4F6S. The summed E-state index contributed by atoms with van der Waals surface area (Å²) in [5.74, 6) is -4.86. The van der Waals surface area contributed by atoms with Gasteiger partial charge in [0.15, 0.2) is 0 Å². The Morgan fingerprint density at radius 2 is 1.11 bits per heavy atom. The van der Waals surface area contributed by atoms with Crippen molar-refractivity contribution in [3.8, 4) is 0 Å². The Morgan fingerprint density at radius 1 is 1.00 bits per heavy atom. The van der Waals surface area contributed by atoms with Gasteiger partial charge in [-0.3, -0.25) is 0 Å². The quantitative estimate of drug-likeness (QED) is 0.535. The third-order valence-corrected chi connectivity index (χ3v) is 1.34. The van der Waals surface area contributed by atoms with Crippen molar-refractivity contribution in [3.63, 3.8) is 0 Å². The second-order valence-corrected chi connectivity index (χ2v) is 5.29. The molecular weight excluding hydrogens is 170 g/mol. The summed E-state index contributed by atoms with van der Waals surface area (Å²) in [6.07, 6.45) is -0.995. The van der Waals surface area contributed by atoms with Crippen molar-refractivity contribution in [2.45, 2.75) is 5.76 Å². The van der Waals surface area contributed by atoms with Crippen molar-refractivity contribution < 1.29 is 24.3 Å². The maximum atomic E-state index is 11.3. The minimum Gasteiger partial charge on any atom is -0.191 e. The van der Waals surface area contributed by atoms with Crippen molar-refractivity contribution in [1.29, 1.82) is 0 Å². The van der Waals surface area contributed by atoms with Gasteiger partial charge in [-0.05, 0) is 0 Å². The third-order valence-electron chi connectivity index (χ3n) is 0.448. The molecule has 0 aromatic rings. The predicted molar refractivity (Wildman–Crippen MR) is 24.0 cm³/mol. The fourth-order valence-electron chi connectivity index (χ4n) is 0. The summed E-state index contributed by atoms with van der Waals surface area (Å²) in [5, 5.41) is 0. The maximum absolute atomic E-state index is 11.3. The monoisotopic (exact) mass is 174 g/mol. The van der Waals surface area contributed by atoms with Crippen LogP contribution >= 0.6 is 9.84 Å². The van der Waals surface area contributed by atoms with Gasteiger partial charge >= 0.3 is 5.76 Å². The molecule has 0 radical (unpaired) electrons. The van der Waals surface area contributed by atoms with Gasteiger partial charge in [0.1, 0.15) is 0 Å². The lowest BCUT2D eigenvalue weighted by Gasteiger charge is -2.44. The minimum absolute atomic E-state index is 0.995. The van der Waals surface area contributed by atoms with Crippen molar-refractivity contribution in [2.24, 2.45) is 0 Å². The van der Waals surface area contributed by atoms with E-state index >= 15 is 0 Å². The van der Waals surface area contributed by atoms with Crippen LogP contribution in [0.15, 0.2) is 0 Å². The predicted octanol–water partition coefficient (Wildman–Crippen LogP) is 3.25. The first-order valence-corrected chi connectivity index (χ1v) is 4.22. The second kappa shape index (κ2) is 1.18. The molecule has 0 unspecified atom stereocenters. The van der Waals surface area contributed by atoms with Crippen molar-refractivity contribution in [2.75, 3.05) is 6.26 Å². The molecule has 0 aliphatic heterocycles. The lowest BCUT2D eigenvalue weighted by Crippen LogP contribution is -2.19.